The molecule has 0 saturated heterocycles. The fraction of sp³-hybridized carbons (Fsp3) is 0.167. The highest BCUT2D eigenvalue weighted by atomic mass is 35.5. The molecule has 2 aromatic rings. The van der Waals surface area contributed by atoms with Gasteiger partial charge in [0.05, 0.1) is 25.4 Å². The Labute approximate surface area is 128 Å². The van der Waals surface area contributed by atoms with Crippen LogP contribution >= 0.6 is 46.1 Å². The predicted octanol–water partition coefficient (Wildman–Crippen LogP) is 6.16. The zero-order valence-corrected chi connectivity index (χ0v) is 12.7. The third kappa shape index (κ3) is 3.31. The maximum atomic E-state index is 13.6. The molecule has 0 bridgehead atoms. The van der Waals surface area contributed by atoms with Gasteiger partial charge in [-0.25, -0.2) is 8.78 Å². The van der Waals surface area contributed by atoms with E-state index in [1.54, 1.807) is 13.0 Å². The fourth-order valence-electron chi connectivity index (χ4n) is 1.62. The van der Waals surface area contributed by atoms with Crippen molar-refractivity contribution in [3.8, 4) is 0 Å². The summed E-state index contributed by atoms with van der Waals surface area (Å²) in [5, 5.41) is 2.84. The Morgan fingerprint density at radius 3 is 2.37 bits per heavy atom. The topological polar surface area (TPSA) is 12.0 Å². The highest BCUT2D eigenvalue weighted by Crippen LogP contribution is 2.37. The van der Waals surface area contributed by atoms with Crippen LogP contribution in [0, 0.1) is 11.6 Å². The van der Waals surface area contributed by atoms with Crippen molar-refractivity contribution < 1.29 is 8.78 Å². The quantitative estimate of drug-likeness (QED) is 0.704. The maximum absolute atomic E-state index is 13.6. The van der Waals surface area contributed by atoms with E-state index < -0.39 is 11.6 Å². The second-order valence-electron chi connectivity index (χ2n) is 3.89. The van der Waals surface area contributed by atoms with Crippen molar-refractivity contribution in [1.82, 2.24) is 0 Å². The van der Waals surface area contributed by atoms with Gasteiger partial charge in [0.15, 0.2) is 5.82 Å². The molecule has 0 aliphatic heterocycles. The van der Waals surface area contributed by atoms with E-state index in [-0.39, 0.29) is 16.8 Å². The Balaban J connectivity index is 2.29. The lowest BCUT2D eigenvalue weighted by atomic mass is 10.1. The maximum Gasteiger partial charge on any atom is 0.150 e. The summed E-state index contributed by atoms with van der Waals surface area (Å²) in [4.78, 5) is 0. The van der Waals surface area contributed by atoms with Crippen molar-refractivity contribution >= 4 is 51.8 Å². The molecule has 0 spiro atoms. The van der Waals surface area contributed by atoms with Gasteiger partial charge in [-0.05, 0) is 19.1 Å². The summed E-state index contributed by atoms with van der Waals surface area (Å²) in [6.45, 7) is 1.78. The average molecular weight is 343 g/mol. The lowest BCUT2D eigenvalue weighted by Gasteiger charge is -2.16. The number of nitrogens with one attached hydrogen (secondary N) is 1. The molecule has 7 heteroatoms. The van der Waals surface area contributed by atoms with Crippen LogP contribution in [-0.2, 0) is 0 Å². The first-order valence-corrected chi connectivity index (χ1v) is 7.19. The van der Waals surface area contributed by atoms with Gasteiger partial charge in [0, 0.05) is 11.6 Å². The third-order valence-corrected chi connectivity index (χ3v) is 4.33. The molecular formula is C12H8Cl3F2NS. The van der Waals surface area contributed by atoms with E-state index in [0.29, 0.717) is 8.67 Å². The SMILES string of the molecule is CC(Nc1c(F)cc(F)cc1Cl)c1cc(Cl)sc1Cl. The van der Waals surface area contributed by atoms with Crippen LogP contribution < -0.4 is 5.32 Å². The molecule has 0 amide bonds. The molecule has 1 heterocycles. The van der Waals surface area contributed by atoms with Crippen molar-refractivity contribution in [3.05, 3.63) is 49.1 Å². The zero-order chi connectivity index (χ0) is 14.2. The number of halogens is 5. The lowest BCUT2D eigenvalue weighted by molar-refractivity contribution is 0.584. The Bertz CT molecular complexity index is 592. The zero-order valence-electron chi connectivity index (χ0n) is 9.61. The van der Waals surface area contributed by atoms with Crippen LogP contribution in [0.25, 0.3) is 0 Å². The van der Waals surface area contributed by atoms with Gasteiger partial charge in [0.1, 0.15) is 5.82 Å². The first-order chi connectivity index (χ1) is 8.88. The van der Waals surface area contributed by atoms with E-state index in [0.717, 1.165) is 17.7 Å². The monoisotopic (exact) mass is 341 g/mol. The average Bonchev–Trinajstić information content (AvgIpc) is 2.62. The second-order valence-corrected chi connectivity index (χ2v) is 6.58. The smallest absolute Gasteiger partial charge is 0.150 e. The van der Waals surface area contributed by atoms with Crippen LogP contribution in [0.1, 0.15) is 18.5 Å². The largest absolute Gasteiger partial charge is 0.375 e. The Morgan fingerprint density at radius 2 is 1.84 bits per heavy atom. The number of benzene rings is 1. The highest BCUT2D eigenvalue weighted by molar-refractivity contribution is 7.20. The van der Waals surface area contributed by atoms with E-state index >= 15 is 0 Å². The number of thiophene rings is 1. The van der Waals surface area contributed by atoms with Gasteiger partial charge in [0.2, 0.25) is 0 Å². The molecule has 1 atom stereocenters. The molecule has 0 aliphatic rings. The van der Waals surface area contributed by atoms with E-state index in [1.165, 1.54) is 11.3 Å². The molecule has 0 fully saturated rings. The highest BCUT2D eigenvalue weighted by Gasteiger charge is 2.17. The van der Waals surface area contributed by atoms with Crippen LogP contribution in [0.5, 0.6) is 0 Å². The molecule has 1 nitrogen and oxygen atoms in total. The molecule has 102 valence electrons. The van der Waals surface area contributed by atoms with E-state index in [9.17, 15) is 8.78 Å². The van der Waals surface area contributed by atoms with Crippen LogP contribution in [0.2, 0.25) is 13.7 Å². The molecule has 1 N–H and O–H groups in total. The Morgan fingerprint density at radius 1 is 1.16 bits per heavy atom. The van der Waals surface area contributed by atoms with Gasteiger partial charge >= 0.3 is 0 Å². The molecule has 0 saturated carbocycles. The van der Waals surface area contributed by atoms with E-state index in [2.05, 4.69) is 5.32 Å². The van der Waals surface area contributed by atoms with Crippen molar-refractivity contribution in [3.63, 3.8) is 0 Å². The number of rotatable bonds is 3. The van der Waals surface area contributed by atoms with E-state index in [1.807, 2.05) is 0 Å². The third-order valence-electron chi connectivity index (χ3n) is 2.52. The summed E-state index contributed by atoms with van der Waals surface area (Å²) in [7, 11) is 0. The van der Waals surface area contributed by atoms with Crippen LogP contribution in [0.15, 0.2) is 18.2 Å². The first-order valence-electron chi connectivity index (χ1n) is 5.24. The van der Waals surface area contributed by atoms with Gasteiger partial charge in [0.25, 0.3) is 0 Å². The van der Waals surface area contributed by atoms with Gasteiger partial charge in [-0.3, -0.25) is 0 Å². The minimum absolute atomic E-state index is 0.0261. The number of hydrogen-bond donors (Lipinski definition) is 1. The summed E-state index contributed by atoms with van der Waals surface area (Å²) in [5.41, 5.74) is 0.769. The molecule has 19 heavy (non-hydrogen) atoms. The van der Waals surface area contributed by atoms with Gasteiger partial charge in [-0.2, -0.15) is 0 Å². The molecular weight excluding hydrogens is 335 g/mol. The molecule has 1 aromatic carbocycles. The molecule has 0 radical (unpaired) electrons. The summed E-state index contributed by atoms with van der Waals surface area (Å²) >= 11 is 18.9. The minimum Gasteiger partial charge on any atom is -0.375 e. The minimum atomic E-state index is -0.755. The van der Waals surface area contributed by atoms with Gasteiger partial charge in [-0.15, -0.1) is 11.3 Å². The second kappa shape index (κ2) is 5.83. The molecule has 1 unspecified atom stereocenters. The molecule has 0 aliphatic carbocycles. The summed E-state index contributed by atoms with van der Waals surface area (Å²) in [6, 6.07) is 3.20. The number of anilines is 1. The lowest BCUT2D eigenvalue weighted by Crippen LogP contribution is -2.08. The predicted molar refractivity (Wildman–Crippen MR) is 77.7 cm³/mol. The standard InChI is InChI=1S/C12H8Cl3F2NS/c1-5(7-4-10(14)19-12(7)15)18-11-8(13)2-6(16)3-9(11)17/h2-5,18H,1H3. The Hall–Kier alpha value is -0.550. The van der Waals surface area contributed by atoms with Crippen molar-refractivity contribution in [2.75, 3.05) is 5.32 Å². The first kappa shape index (κ1) is 14.9. The van der Waals surface area contributed by atoms with Crippen LogP contribution in [0.4, 0.5) is 14.5 Å². The molecule has 1 aromatic heterocycles. The normalized spacial score (nSPS) is 12.5. The summed E-state index contributed by atoms with van der Waals surface area (Å²) in [5.74, 6) is -1.48. The van der Waals surface area contributed by atoms with Crippen molar-refractivity contribution in [2.24, 2.45) is 0 Å². The Kier molecular flexibility index (Phi) is 4.56. The van der Waals surface area contributed by atoms with Crippen molar-refractivity contribution in [2.45, 2.75) is 13.0 Å². The van der Waals surface area contributed by atoms with Crippen LogP contribution in [-0.4, -0.2) is 0 Å². The fourth-order valence-corrected chi connectivity index (χ4v) is 3.52. The van der Waals surface area contributed by atoms with Crippen molar-refractivity contribution in [1.29, 1.82) is 0 Å². The molecule has 2 rings (SSSR count). The number of hydrogen-bond acceptors (Lipinski definition) is 2. The van der Waals surface area contributed by atoms with Crippen LogP contribution in [0.3, 0.4) is 0 Å². The van der Waals surface area contributed by atoms with Gasteiger partial charge < -0.3 is 5.32 Å². The van der Waals surface area contributed by atoms with E-state index in [4.69, 9.17) is 34.8 Å². The van der Waals surface area contributed by atoms with Gasteiger partial charge in [-0.1, -0.05) is 34.8 Å². The summed E-state index contributed by atoms with van der Waals surface area (Å²) in [6.07, 6.45) is 0. The summed E-state index contributed by atoms with van der Waals surface area (Å²) < 4.78 is 27.7.